The Morgan fingerprint density at radius 3 is 2.97 bits per heavy atom. The van der Waals surface area contributed by atoms with Crippen molar-refractivity contribution in [3.8, 4) is 6.07 Å². The van der Waals surface area contributed by atoms with Crippen LogP contribution in [-0.4, -0.2) is 35.1 Å². The molecule has 4 rings (SSSR count). The maximum Gasteiger partial charge on any atom is 0.191 e. The van der Waals surface area contributed by atoms with Crippen LogP contribution in [0, 0.1) is 11.3 Å². The number of hydrogen-bond acceptors (Lipinski definition) is 7. The summed E-state index contributed by atoms with van der Waals surface area (Å²) in [6.07, 6.45) is 2.58. The summed E-state index contributed by atoms with van der Waals surface area (Å²) in [5.74, 6) is 0.321. The van der Waals surface area contributed by atoms with Gasteiger partial charge >= 0.3 is 0 Å². The zero-order valence-electron chi connectivity index (χ0n) is 15.6. The van der Waals surface area contributed by atoms with Gasteiger partial charge in [-0.25, -0.2) is 4.98 Å². The van der Waals surface area contributed by atoms with Gasteiger partial charge in [0, 0.05) is 11.4 Å². The van der Waals surface area contributed by atoms with Crippen molar-refractivity contribution in [1.82, 2.24) is 24.7 Å². The van der Waals surface area contributed by atoms with Crippen molar-refractivity contribution in [3.63, 3.8) is 0 Å². The van der Waals surface area contributed by atoms with Crippen molar-refractivity contribution in [3.05, 3.63) is 64.6 Å². The second kappa shape index (κ2) is 8.51. The molecule has 0 saturated heterocycles. The van der Waals surface area contributed by atoms with Crippen LogP contribution >= 0.6 is 23.1 Å². The third-order valence-electron chi connectivity index (χ3n) is 4.42. The highest BCUT2D eigenvalue weighted by molar-refractivity contribution is 7.99. The van der Waals surface area contributed by atoms with Gasteiger partial charge in [-0.3, -0.25) is 0 Å². The molecule has 1 unspecified atom stereocenters. The Balaban J connectivity index is 1.53. The number of imidazole rings is 1. The van der Waals surface area contributed by atoms with Gasteiger partial charge in [0.25, 0.3) is 0 Å². The molecule has 0 amide bonds. The number of aromatic amines is 1. The Bertz CT molecular complexity index is 1150. The number of para-hydroxylation sites is 2. The molecular formula is C20H18N6OS2. The number of allylic oxidation sites excluding steroid dienone is 1. The highest BCUT2D eigenvalue weighted by Gasteiger charge is 2.21. The van der Waals surface area contributed by atoms with Crippen LogP contribution in [0.15, 0.2) is 59.0 Å². The first-order chi connectivity index (χ1) is 14.2. The number of nitrogens with one attached hydrogen (secondary N) is 1. The fourth-order valence-corrected chi connectivity index (χ4v) is 4.51. The standard InChI is InChI=1S/C20H18N6OS2/c1-13(29-20-25-22-12-26(20)9-8-14-5-4-10-28-14)18(27)15(11-21)19-23-16-6-2-3-7-17(16)24-19/h2-7,10,12-13,27H,8-9H2,1H3,(H,23,24)/b18-15-. The number of thioether (sulfide) groups is 1. The topological polar surface area (TPSA) is 103 Å². The number of hydrogen-bond donors (Lipinski definition) is 2. The van der Waals surface area contributed by atoms with E-state index in [1.807, 2.05) is 41.8 Å². The molecule has 146 valence electrons. The molecule has 2 N–H and O–H groups in total. The van der Waals surface area contributed by atoms with E-state index in [1.165, 1.54) is 16.6 Å². The summed E-state index contributed by atoms with van der Waals surface area (Å²) in [5, 5.41) is 30.9. The van der Waals surface area contributed by atoms with Crippen LogP contribution in [0.5, 0.6) is 0 Å². The van der Waals surface area contributed by atoms with Gasteiger partial charge in [-0.1, -0.05) is 30.0 Å². The third kappa shape index (κ3) is 4.18. The number of H-pyrrole nitrogens is 1. The molecule has 29 heavy (non-hydrogen) atoms. The first kappa shape index (κ1) is 19.2. The molecule has 3 aromatic heterocycles. The number of thiophene rings is 1. The summed E-state index contributed by atoms with van der Waals surface area (Å²) in [5.41, 5.74) is 1.69. The van der Waals surface area contributed by atoms with Gasteiger partial charge in [-0.15, -0.1) is 21.5 Å². The molecule has 1 atom stereocenters. The number of nitriles is 1. The van der Waals surface area contributed by atoms with E-state index in [-0.39, 0.29) is 16.6 Å². The van der Waals surface area contributed by atoms with Gasteiger partial charge in [-0.05, 0) is 36.9 Å². The molecule has 0 fully saturated rings. The number of fused-ring (bicyclic) bond motifs is 1. The number of aliphatic hydroxyl groups excluding tert-OH is 1. The van der Waals surface area contributed by atoms with Crippen molar-refractivity contribution >= 4 is 39.7 Å². The Kier molecular flexibility index (Phi) is 5.64. The number of aliphatic hydroxyl groups is 1. The summed E-state index contributed by atoms with van der Waals surface area (Å²) < 4.78 is 1.96. The lowest BCUT2D eigenvalue weighted by molar-refractivity contribution is 0.401. The molecule has 0 aliphatic carbocycles. The van der Waals surface area contributed by atoms with Crippen LogP contribution in [0.1, 0.15) is 17.6 Å². The van der Waals surface area contributed by atoms with E-state index in [2.05, 4.69) is 37.7 Å². The highest BCUT2D eigenvalue weighted by atomic mass is 32.2. The van der Waals surface area contributed by atoms with Crippen molar-refractivity contribution < 1.29 is 5.11 Å². The van der Waals surface area contributed by atoms with Crippen LogP contribution < -0.4 is 0 Å². The molecule has 0 bridgehead atoms. The molecule has 7 nitrogen and oxygen atoms in total. The van der Waals surface area contributed by atoms with Crippen LogP contribution in [0.25, 0.3) is 16.6 Å². The Labute approximate surface area is 175 Å². The molecule has 0 saturated carbocycles. The largest absolute Gasteiger partial charge is 0.510 e. The number of rotatable bonds is 7. The molecular weight excluding hydrogens is 404 g/mol. The average Bonchev–Trinajstić information content (AvgIpc) is 3.47. The van der Waals surface area contributed by atoms with Gasteiger partial charge in [0.2, 0.25) is 0 Å². The van der Waals surface area contributed by atoms with Gasteiger partial charge in [0.15, 0.2) is 11.0 Å². The average molecular weight is 423 g/mol. The van der Waals surface area contributed by atoms with E-state index in [0.717, 1.165) is 24.0 Å². The maximum atomic E-state index is 10.7. The first-order valence-corrected chi connectivity index (χ1v) is 10.8. The van der Waals surface area contributed by atoms with E-state index < -0.39 is 0 Å². The van der Waals surface area contributed by atoms with Crippen LogP contribution in [0.2, 0.25) is 0 Å². The first-order valence-electron chi connectivity index (χ1n) is 9.01. The minimum Gasteiger partial charge on any atom is -0.510 e. The normalized spacial score (nSPS) is 13.2. The van der Waals surface area contributed by atoms with Crippen molar-refractivity contribution in [2.45, 2.75) is 30.3 Å². The van der Waals surface area contributed by atoms with Crippen LogP contribution in [0.4, 0.5) is 0 Å². The Hall–Kier alpha value is -3.09. The van der Waals surface area contributed by atoms with E-state index in [9.17, 15) is 10.4 Å². The second-order valence-electron chi connectivity index (χ2n) is 6.37. The molecule has 0 aliphatic heterocycles. The molecule has 4 aromatic rings. The van der Waals surface area contributed by atoms with Gasteiger partial charge in [0.05, 0.1) is 16.3 Å². The number of aryl methyl sites for hydroxylation is 2. The summed E-state index contributed by atoms with van der Waals surface area (Å²) in [7, 11) is 0. The molecule has 1 aromatic carbocycles. The van der Waals surface area contributed by atoms with E-state index in [1.54, 1.807) is 17.7 Å². The number of nitrogens with zero attached hydrogens (tertiary/aromatic N) is 5. The van der Waals surface area contributed by atoms with Crippen LogP contribution in [0.3, 0.4) is 0 Å². The molecule has 0 radical (unpaired) electrons. The summed E-state index contributed by atoms with van der Waals surface area (Å²) in [6.45, 7) is 2.58. The zero-order valence-corrected chi connectivity index (χ0v) is 17.2. The molecule has 3 heterocycles. The maximum absolute atomic E-state index is 10.7. The summed E-state index contributed by atoms with van der Waals surface area (Å²) in [6, 6.07) is 13.7. The lowest BCUT2D eigenvalue weighted by atomic mass is 10.2. The SMILES string of the molecule is CC(Sc1nncn1CCc1cccs1)/C(O)=C(\C#N)c1nc2ccccc2[nH]1. The van der Waals surface area contributed by atoms with Gasteiger partial charge in [0.1, 0.15) is 23.7 Å². The fourth-order valence-electron chi connectivity index (χ4n) is 2.89. The highest BCUT2D eigenvalue weighted by Crippen LogP contribution is 2.29. The van der Waals surface area contributed by atoms with Crippen molar-refractivity contribution in [2.75, 3.05) is 0 Å². The third-order valence-corrected chi connectivity index (χ3v) is 6.46. The van der Waals surface area contributed by atoms with E-state index >= 15 is 0 Å². The number of aromatic nitrogens is 5. The van der Waals surface area contributed by atoms with Gasteiger partial charge < -0.3 is 14.7 Å². The molecule has 0 spiro atoms. The lowest BCUT2D eigenvalue weighted by Crippen LogP contribution is -2.08. The fraction of sp³-hybridized carbons (Fsp3) is 0.200. The lowest BCUT2D eigenvalue weighted by Gasteiger charge is -2.12. The van der Waals surface area contributed by atoms with Crippen LogP contribution in [-0.2, 0) is 13.0 Å². The number of benzene rings is 1. The molecule has 0 aliphatic rings. The minimum absolute atomic E-state index is 0.0376. The monoisotopic (exact) mass is 422 g/mol. The van der Waals surface area contributed by atoms with Crippen molar-refractivity contribution in [1.29, 1.82) is 5.26 Å². The Morgan fingerprint density at radius 2 is 2.21 bits per heavy atom. The van der Waals surface area contributed by atoms with E-state index in [0.29, 0.717) is 11.0 Å². The summed E-state index contributed by atoms with van der Waals surface area (Å²) >= 11 is 3.08. The predicted octanol–water partition coefficient (Wildman–Crippen LogP) is 4.43. The summed E-state index contributed by atoms with van der Waals surface area (Å²) in [4.78, 5) is 8.81. The van der Waals surface area contributed by atoms with Crippen molar-refractivity contribution in [2.24, 2.45) is 0 Å². The smallest absolute Gasteiger partial charge is 0.191 e. The van der Waals surface area contributed by atoms with E-state index in [4.69, 9.17) is 0 Å². The zero-order chi connectivity index (χ0) is 20.2. The van der Waals surface area contributed by atoms with Gasteiger partial charge in [-0.2, -0.15) is 5.26 Å². The molecule has 9 heteroatoms. The minimum atomic E-state index is -0.387. The Morgan fingerprint density at radius 1 is 1.34 bits per heavy atom. The second-order valence-corrected chi connectivity index (χ2v) is 8.71. The quantitative estimate of drug-likeness (QED) is 0.259. The predicted molar refractivity (Wildman–Crippen MR) is 115 cm³/mol.